The van der Waals surface area contributed by atoms with E-state index in [0.29, 0.717) is 23.2 Å². The lowest BCUT2D eigenvalue weighted by Crippen LogP contribution is -1.89. The second-order valence-corrected chi connectivity index (χ2v) is 5.44. The molecule has 2 aromatic carbocycles. The maximum atomic E-state index is 5.41. The van der Waals surface area contributed by atoms with Crippen LogP contribution >= 0.6 is 0 Å². The summed E-state index contributed by atoms with van der Waals surface area (Å²) in [5.74, 6) is 2.15. The van der Waals surface area contributed by atoms with Crippen LogP contribution in [0.5, 0.6) is 11.5 Å². The van der Waals surface area contributed by atoms with Crippen LogP contribution in [0.15, 0.2) is 40.9 Å². The normalized spacial score (nSPS) is 11.0. The van der Waals surface area contributed by atoms with Gasteiger partial charge in [-0.25, -0.2) is 4.68 Å². The highest BCUT2D eigenvalue weighted by Gasteiger charge is 2.14. The van der Waals surface area contributed by atoms with Gasteiger partial charge in [0.15, 0.2) is 0 Å². The number of aryl methyl sites for hydroxylation is 1. The van der Waals surface area contributed by atoms with E-state index in [2.05, 4.69) is 20.5 Å². The van der Waals surface area contributed by atoms with Crippen LogP contribution < -0.4 is 9.47 Å². The zero-order valence-electron chi connectivity index (χ0n) is 13.9. The number of ether oxygens (including phenoxy) is 2. The second kappa shape index (κ2) is 5.90. The summed E-state index contributed by atoms with van der Waals surface area (Å²) in [5, 5.41) is 12.2. The van der Waals surface area contributed by atoms with Crippen LogP contribution in [0.3, 0.4) is 0 Å². The zero-order chi connectivity index (χ0) is 17.4. The van der Waals surface area contributed by atoms with Gasteiger partial charge in [0.05, 0.1) is 19.7 Å². The van der Waals surface area contributed by atoms with E-state index in [-0.39, 0.29) is 0 Å². The fourth-order valence-corrected chi connectivity index (χ4v) is 2.57. The Morgan fingerprint density at radius 2 is 1.72 bits per heavy atom. The Kier molecular flexibility index (Phi) is 3.57. The topological polar surface area (TPSA) is 88.1 Å². The lowest BCUT2D eigenvalue weighted by molar-refractivity contribution is 0.393. The van der Waals surface area contributed by atoms with E-state index in [9.17, 15) is 0 Å². The summed E-state index contributed by atoms with van der Waals surface area (Å²) in [6, 6.07) is 11.1. The van der Waals surface area contributed by atoms with Crippen LogP contribution in [0.1, 0.15) is 0 Å². The number of hydrogen-bond acceptors (Lipinski definition) is 7. The predicted molar refractivity (Wildman–Crippen MR) is 90.3 cm³/mol. The molecule has 0 saturated carbocycles. The molecule has 0 fully saturated rings. The largest absolute Gasteiger partial charge is 0.497 e. The van der Waals surface area contributed by atoms with Gasteiger partial charge in [-0.2, -0.15) is 4.98 Å². The van der Waals surface area contributed by atoms with Crippen LogP contribution in [-0.4, -0.2) is 39.4 Å². The fourth-order valence-electron chi connectivity index (χ4n) is 2.57. The third-order valence-electron chi connectivity index (χ3n) is 3.89. The molecule has 8 heteroatoms. The second-order valence-electron chi connectivity index (χ2n) is 5.44. The Bertz CT molecular complexity index is 1030. The van der Waals surface area contributed by atoms with E-state index in [1.807, 2.05) is 37.4 Å². The highest BCUT2D eigenvalue weighted by atomic mass is 16.5. The third-order valence-corrected chi connectivity index (χ3v) is 3.89. The number of nitrogens with zero attached hydrogens (tertiary/aromatic N) is 5. The first-order valence-electron chi connectivity index (χ1n) is 7.55. The molecule has 4 rings (SSSR count). The molecule has 0 aliphatic heterocycles. The Balaban J connectivity index is 1.74. The van der Waals surface area contributed by atoms with Crippen molar-refractivity contribution in [1.82, 2.24) is 25.1 Å². The number of benzene rings is 2. The van der Waals surface area contributed by atoms with E-state index < -0.39 is 0 Å². The van der Waals surface area contributed by atoms with Crippen molar-refractivity contribution < 1.29 is 14.0 Å². The van der Waals surface area contributed by atoms with Crippen molar-refractivity contribution >= 4 is 11.0 Å². The Labute approximate surface area is 143 Å². The first kappa shape index (κ1) is 15.1. The molecular weight excluding hydrogens is 322 g/mol. The highest BCUT2D eigenvalue weighted by Crippen LogP contribution is 2.30. The molecule has 0 amide bonds. The van der Waals surface area contributed by atoms with Crippen LogP contribution in [0.2, 0.25) is 0 Å². The molecule has 0 N–H and O–H groups in total. The lowest BCUT2D eigenvalue weighted by atomic mass is 10.2. The minimum atomic E-state index is 0.381. The predicted octanol–water partition coefficient (Wildman–Crippen LogP) is 2.70. The van der Waals surface area contributed by atoms with E-state index in [0.717, 1.165) is 22.2 Å². The number of aromatic nitrogens is 5. The molecule has 0 spiro atoms. The summed E-state index contributed by atoms with van der Waals surface area (Å²) >= 11 is 0. The summed E-state index contributed by atoms with van der Waals surface area (Å²) in [6.45, 7) is 0. The van der Waals surface area contributed by atoms with E-state index in [1.165, 1.54) is 0 Å². The van der Waals surface area contributed by atoms with E-state index >= 15 is 0 Å². The molecule has 2 heterocycles. The molecule has 4 aromatic rings. The van der Waals surface area contributed by atoms with Crippen LogP contribution in [0.25, 0.3) is 33.9 Å². The van der Waals surface area contributed by atoms with Gasteiger partial charge in [-0.3, -0.25) is 0 Å². The molecule has 0 aliphatic carbocycles. The molecule has 0 atom stereocenters. The quantitative estimate of drug-likeness (QED) is 0.565. The first-order valence-corrected chi connectivity index (χ1v) is 7.55. The Morgan fingerprint density at radius 3 is 2.44 bits per heavy atom. The number of rotatable bonds is 4. The van der Waals surface area contributed by atoms with Crippen molar-refractivity contribution in [3.05, 3.63) is 36.4 Å². The molecule has 0 aliphatic rings. The number of methoxy groups -OCH3 is 2. The third kappa shape index (κ3) is 2.67. The summed E-state index contributed by atoms with van der Waals surface area (Å²) in [5.41, 5.74) is 3.23. The van der Waals surface area contributed by atoms with Crippen molar-refractivity contribution in [2.24, 2.45) is 7.05 Å². The Hall–Kier alpha value is -3.42. The lowest BCUT2D eigenvalue weighted by Gasteiger charge is -2.05. The SMILES string of the molecule is COc1cc(OC)cc(-c2nc(-c3ccc4c(c3)nnn4C)no2)c1. The smallest absolute Gasteiger partial charge is 0.258 e. The van der Waals surface area contributed by atoms with Crippen LogP contribution in [-0.2, 0) is 7.05 Å². The average Bonchev–Trinajstić information content (AvgIpc) is 3.28. The molecule has 0 unspecified atom stereocenters. The molecule has 126 valence electrons. The van der Waals surface area contributed by atoms with Gasteiger partial charge in [-0.05, 0) is 30.3 Å². The maximum absolute atomic E-state index is 5.41. The van der Waals surface area contributed by atoms with Gasteiger partial charge in [0.2, 0.25) is 5.82 Å². The minimum absolute atomic E-state index is 0.381. The number of hydrogen-bond donors (Lipinski definition) is 0. The Morgan fingerprint density at radius 1 is 0.960 bits per heavy atom. The van der Waals surface area contributed by atoms with Gasteiger partial charge in [0.25, 0.3) is 5.89 Å². The fraction of sp³-hybridized carbons (Fsp3) is 0.176. The average molecular weight is 337 g/mol. The van der Waals surface area contributed by atoms with Crippen LogP contribution in [0, 0.1) is 0 Å². The zero-order valence-corrected chi connectivity index (χ0v) is 13.9. The monoisotopic (exact) mass is 337 g/mol. The van der Waals surface area contributed by atoms with Gasteiger partial charge in [-0.15, -0.1) is 5.10 Å². The van der Waals surface area contributed by atoms with Gasteiger partial charge < -0.3 is 14.0 Å². The van der Waals surface area contributed by atoms with E-state index in [1.54, 1.807) is 25.0 Å². The molecule has 8 nitrogen and oxygen atoms in total. The van der Waals surface area contributed by atoms with Crippen molar-refractivity contribution in [3.63, 3.8) is 0 Å². The molecule has 0 radical (unpaired) electrons. The van der Waals surface area contributed by atoms with Gasteiger partial charge in [0.1, 0.15) is 17.0 Å². The van der Waals surface area contributed by atoms with Gasteiger partial charge >= 0.3 is 0 Å². The van der Waals surface area contributed by atoms with Crippen molar-refractivity contribution in [2.45, 2.75) is 0 Å². The first-order chi connectivity index (χ1) is 12.2. The van der Waals surface area contributed by atoms with Gasteiger partial charge in [-0.1, -0.05) is 10.4 Å². The van der Waals surface area contributed by atoms with Gasteiger partial charge in [0, 0.05) is 24.2 Å². The standard InChI is InChI=1S/C17H15N5O3/c1-22-15-5-4-10(8-14(15)19-21-22)16-18-17(25-20-16)11-6-12(23-2)9-13(7-11)24-3/h4-9H,1-3H3. The summed E-state index contributed by atoms with van der Waals surface area (Å²) < 4.78 is 17.7. The maximum Gasteiger partial charge on any atom is 0.258 e. The molecule has 25 heavy (non-hydrogen) atoms. The number of fused-ring (bicyclic) bond motifs is 1. The molecular formula is C17H15N5O3. The van der Waals surface area contributed by atoms with Crippen molar-refractivity contribution in [2.75, 3.05) is 14.2 Å². The molecule has 0 bridgehead atoms. The highest BCUT2D eigenvalue weighted by molar-refractivity contribution is 5.80. The summed E-state index contributed by atoms with van der Waals surface area (Å²) in [7, 11) is 5.03. The molecule has 2 aromatic heterocycles. The summed E-state index contributed by atoms with van der Waals surface area (Å²) in [4.78, 5) is 4.47. The van der Waals surface area contributed by atoms with Crippen molar-refractivity contribution in [1.29, 1.82) is 0 Å². The minimum Gasteiger partial charge on any atom is -0.497 e. The van der Waals surface area contributed by atoms with Crippen LogP contribution in [0.4, 0.5) is 0 Å². The van der Waals surface area contributed by atoms with E-state index in [4.69, 9.17) is 14.0 Å². The molecule has 0 saturated heterocycles. The van der Waals surface area contributed by atoms with Crippen molar-refractivity contribution in [3.8, 4) is 34.3 Å². The summed E-state index contributed by atoms with van der Waals surface area (Å²) in [6.07, 6.45) is 0.